The Labute approximate surface area is 170 Å². The van der Waals surface area contributed by atoms with Crippen molar-refractivity contribution in [3.05, 3.63) is 95.1 Å². The quantitative estimate of drug-likeness (QED) is 0.234. The summed E-state index contributed by atoms with van der Waals surface area (Å²) in [5, 5.41) is 0. The van der Waals surface area contributed by atoms with Gasteiger partial charge in [-0.2, -0.15) is 0 Å². The minimum Gasteiger partial charge on any atom is -0.327 e. The lowest BCUT2D eigenvalue weighted by molar-refractivity contribution is -0.193. The molecule has 0 bridgehead atoms. The van der Waals surface area contributed by atoms with Crippen molar-refractivity contribution in [1.82, 2.24) is 0 Å². The van der Waals surface area contributed by atoms with Gasteiger partial charge in [0, 0.05) is 0 Å². The lowest BCUT2D eigenvalue weighted by atomic mass is 10.1. The van der Waals surface area contributed by atoms with Crippen LogP contribution >= 0.6 is 7.82 Å². The maximum atomic E-state index is 13.1. The molecule has 0 heterocycles. The Morgan fingerprint density at radius 2 is 1.17 bits per heavy atom. The molecule has 0 aliphatic heterocycles. The van der Waals surface area contributed by atoms with Crippen molar-refractivity contribution in [2.24, 2.45) is 0 Å². The lowest BCUT2D eigenvalue weighted by Crippen LogP contribution is -2.06. The van der Waals surface area contributed by atoms with Gasteiger partial charge in [-0.3, -0.25) is 4.52 Å². The van der Waals surface area contributed by atoms with Crippen molar-refractivity contribution in [2.45, 2.75) is 27.4 Å². The fraction of sp³-hybridized carbons (Fsp3) is 0.182. The molecule has 0 unspecified atom stereocenters. The Hall–Kier alpha value is -2.63. The Balaban J connectivity index is 1.69. The SMILES string of the molecule is Cc1ccc(OOP(=O)(OCc2ccccc2C)OOc2ccc(C)cc2)cc1. The maximum absolute atomic E-state index is 13.1. The van der Waals surface area contributed by atoms with Gasteiger partial charge in [-0.05, 0) is 56.2 Å². The van der Waals surface area contributed by atoms with Gasteiger partial charge in [0.15, 0.2) is 11.5 Å². The van der Waals surface area contributed by atoms with Crippen LogP contribution in [0.1, 0.15) is 22.3 Å². The third-order valence-electron chi connectivity index (χ3n) is 4.13. The smallest absolute Gasteiger partial charge is 0.327 e. The first-order chi connectivity index (χ1) is 13.9. The summed E-state index contributed by atoms with van der Waals surface area (Å²) in [6.45, 7) is 5.81. The van der Waals surface area contributed by atoms with E-state index in [-0.39, 0.29) is 6.61 Å². The number of aryl methyl sites for hydroxylation is 3. The second kappa shape index (κ2) is 9.72. The molecule has 0 spiro atoms. The van der Waals surface area contributed by atoms with Gasteiger partial charge in [0.1, 0.15) is 0 Å². The van der Waals surface area contributed by atoms with Gasteiger partial charge in [-0.1, -0.05) is 69.0 Å². The highest BCUT2D eigenvalue weighted by Crippen LogP contribution is 2.50. The fourth-order valence-electron chi connectivity index (χ4n) is 2.34. The topological polar surface area (TPSA) is 63.2 Å². The molecule has 0 saturated heterocycles. The second-order valence-corrected chi connectivity index (χ2v) is 8.04. The van der Waals surface area contributed by atoms with E-state index in [1.165, 1.54) is 0 Å². The van der Waals surface area contributed by atoms with Crippen LogP contribution in [0.2, 0.25) is 0 Å². The number of rotatable bonds is 9. The van der Waals surface area contributed by atoms with Crippen molar-refractivity contribution in [3.63, 3.8) is 0 Å². The van der Waals surface area contributed by atoms with E-state index in [4.69, 9.17) is 23.6 Å². The van der Waals surface area contributed by atoms with E-state index >= 15 is 0 Å². The van der Waals surface area contributed by atoms with Crippen molar-refractivity contribution in [2.75, 3.05) is 0 Å². The van der Waals surface area contributed by atoms with E-state index in [0.717, 1.165) is 22.3 Å². The molecule has 6 nitrogen and oxygen atoms in total. The summed E-state index contributed by atoms with van der Waals surface area (Å²) in [5.74, 6) is 0.712. The minimum atomic E-state index is -4.20. The summed E-state index contributed by atoms with van der Waals surface area (Å²) in [7, 11) is -4.20. The Morgan fingerprint density at radius 1 is 0.690 bits per heavy atom. The molecule has 0 aromatic heterocycles. The molecule has 3 aromatic carbocycles. The number of hydrogen-bond acceptors (Lipinski definition) is 6. The summed E-state index contributed by atoms with van der Waals surface area (Å²) < 4.78 is 28.6. The molecule has 152 valence electrons. The molecule has 0 radical (unpaired) electrons. The second-order valence-electron chi connectivity index (χ2n) is 6.59. The van der Waals surface area contributed by atoms with Crippen LogP contribution in [0.25, 0.3) is 0 Å². The van der Waals surface area contributed by atoms with Crippen molar-refractivity contribution in [3.8, 4) is 11.5 Å². The number of hydrogen-bond donors (Lipinski definition) is 0. The molecule has 3 aromatic rings. The summed E-state index contributed by atoms with van der Waals surface area (Å²) >= 11 is 0. The van der Waals surface area contributed by atoms with Gasteiger partial charge in [0.2, 0.25) is 0 Å². The number of phosphoric acid groups is 1. The monoisotopic (exact) mass is 414 g/mol. The van der Waals surface area contributed by atoms with Gasteiger partial charge in [0.05, 0.1) is 6.61 Å². The van der Waals surface area contributed by atoms with Crippen LogP contribution in [0, 0.1) is 20.8 Å². The van der Waals surface area contributed by atoms with E-state index in [9.17, 15) is 4.57 Å². The van der Waals surface area contributed by atoms with E-state index in [1.807, 2.05) is 69.3 Å². The van der Waals surface area contributed by atoms with Crippen LogP contribution < -0.4 is 9.78 Å². The molecule has 29 heavy (non-hydrogen) atoms. The molecule has 0 saturated carbocycles. The molecule has 0 amide bonds. The van der Waals surface area contributed by atoms with Crippen LogP contribution in [0.4, 0.5) is 0 Å². The fourth-order valence-corrected chi connectivity index (χ4v) is 3.10. The van der Waals surface area contributed by atoms with E-state index in [2.05, 4.69) is 0 Å². The molecular formula is C22H23O6P. The highest BCUT2D eigenvalue weighted by Gasteiger charge is 2.33. The van der Waals surface area contributed by atoms with Gasteiger partial charge in [-0.25, -0.2) is 4.57 Å². The van der Waals surface area contributed by atoms with E-state index < -0.39 is 7.82 Å². The maximum Gasteiger partial charge on any atom is 0.547 e. The summed E-state index contributed by atoms with van der Waals surface area (Å²) in [4.78, 5) is 10.3. The molecule has 0 aliphatic rings. The molecule has 0 fully saturated rings. The molecule has 0 N–H and O–H groups in total. The van der Waals surface area contributed by atoms with Crippen LogP contribution in [-0.4, -0.2) is 0 Å². The van der Waals surface area contributed by atoms with E-state index in [1.54, 1.807) is 24.3 Å². The van der Waals surface area contributed by atoms with Crippen LogP contribution in [0.15, 0.2) is 72.8 Å². The van der Waals surface area contributed by atoms with Crippen LogP contribution in [0.3, 0.4) is 0 Å². The van der Waals surface area contributed by atoms with Gasteiger partial charge < -0.3 is 9.78 Å². The Morgan fingerprint density at radius 3 is 1.66 bits per heavy atom. The van der Waals surface area contributed by atoms with Crippen LogP contribution in [0.5, 0.6) is 11.5 Å². The predicted octanol–water partition coefficient (Wildman–Crippen LogP) is 6.26. The summed E-state index contributed by atoms with van der Waals surface area (Å²) in [6.07, 6.45) is 0. The third-order valence-corrected chi connectivity index (χ3v) is 5.09. The molecule has 3 rings (SSSR count). The highest BCUT2D eigenvalue weighted by atomic mass is 31.2. The average molecular weight is 414 g/mol. The first kappa shape index (κ1) is 21.1. The van der Waals surface area contributed by atoms with Crippen molar-refractivity contribution in [1.29, 1.82) is 0 Å². The third kappa shape index (κ3) is 6.44. The molecule has 7 heteroatoms. The molecular weight excluding hydrogens is 391 g/mol. The first-order valence-corrected chi connectivity index (χ1v) is 10.5. The van der Waals surface area contributed by atoms with Gasteiger partial charge >= 0.3 is 7.82 Å². The first-order valence-electron chi connectivity index (χ1n) is 9.08. The zero-order valence-electron chi connectivity index (χ0n) is 16.5. The largest absolute Gasteiger partial charge is 0.547 e. The van der Waals surface area contributed by atoms with Gasteiger partial charge in [0.25, 0.3) is 0 Å². The zero-order chi connectivity index (χ0) is 20.7. The average Bonchev–Trinajstić information content (AvgIpc) is 2.73. The highest BCUT2D eigenvalue weighted by molar-refractivity contribution is 7.48. The predicted molar refractivity (Wildman–Crippen MR) is 109 cm³/mol. The zero-order valence-corrected chi connectivity index (χ0v) is 17.4. The normalized spacial score (nSPS) is 11.3. The minimum absolute atomic E-state index is 0.00152. The van der Waals surface area contributed by atoms with Crippen LogP contribution in [-0.2, 0) is 25.0 Å². The standard InChI is InChI=1S/C22H23O6P/c1-17-8-12-21(13-9-17)25-27-29(23,24-16-20-7-5-4-6-19(20)3)28-26-22-14-10-18(2)11-15-22/h4-15H,16H2,1-3H3. The van der Waals surface area contributed by atoms with Crippen molar-refractivity contribution < 1.29 is 28.2 Å². The molecule has 0 aliphatic carbocycles. The van der Waals surface area contributed by atoms with E-state index in [0.29, 0.717) is 11.5 Å². The molecule has 0 atom stereocenters. The Bertz CT molecular complexity index is 916. The van der Waals surface area contributed by atoms with Crippen molar-refractivity contribution >= 4 is 7.82 Å². The summed E-state index contributed by atoms with van der Waals surface area (Å²) in [6, 6.07) is 21.6. The number of benzene rings is 3. The lowest BCUT2D eigenvalue weighted by Gasteiger charge is -2.16. The van der Waals surface area contributed by atoms with Gasteiger partial charge in [-0.15, -0.1) is 0 Å². The summed E-state index contributed by atoms with van der Waals surface area (Å²) in [5.41, 5.74) is 3.93. The Kier molecular flexibility index (Phi) is 7.07.